The van der Waals surface area contributed by atoms with Crippen molar-refractivity contribution in [2.24, 2.45) is 7.05 Å². The summed E-state index contributed by atoms with van der Waals surface area (Å²) in [6, 6.07) is 10.6. The van der Waals surface area contributed by atoms with Gasteiger partial charge in [0.15, 0.2) is 0 Å². The van der Waals surface area contributed by atoms with E-state index in [1.165, 1.54) is 0 Å². The smallest absolute Gasteiger partial charge is 0.251 e. The Balaban J connectivity index is 1.36. The Hall–Kier alpha value is -4.04. The zero-order valence-electron chi connectivity index (χ0n) is 21.4. The molecule has 0 bridgehead atoms. The summed E-state index contributed by atoms with van der Waals surface area (Å²) in [6.07, 6.45) is 10.8. The molecular formula is C29H31N7O. The van der Waals surface area contributed by atoms with Gasteiger partial charge in [0.05, 0.1) is 23.6 Å². The molecule has 3 N–H and O–H groups in total. The Morgan fingerprint density at radius 2 is 1.89 bits per heavy atom. The monoisotopic (exact) mass is 493 g/mol. The highest BCUT2D eigenvalue weighted by Crippen LogP contribution is 2.37. The molecular weight excluding hydrogens is 462 g/mol. The fourth-order valence-electron chi connectivity index (χ4n) is 5.62. The van der Waals surface area contributed by atoms with Gasteiger partial charge in [0.25, 0.3) is 5.91 Å². The predicted octanol–water partition coefficient (Wildman–Crippen LogP) is 4.75. The van der Waals surface area contributed by atoms with Gasteiger partial charge in [-0.1, -0.05) is 19.1 Å². The number of rotatable bonds is 6. The minimum atomic E-state index is -0.0165. The van der Waals surface area contributed by atoms with Gasteiger partial charge in [0.1, 0.15) is 5.65 Å². The van der Waals surface area contributed by atoms with E-state index in [1.54, 1.807) is 4.68 Å². The van der Waals surface area contributed by atoms with Crippen molar-refractivity contribution in [1.29, 1.82) is 0 Å². The lowest BCUT2D eigenvalue weighted by atomic mass is 9.96. The Bertz CT molecular complexity index is 1600. The predicted molar refractivity (Wildman–Crippen MR) is 146 cm³/mol. The molecule has 1 aliphatic carbocycles. The van der Waals surface area contributed by atoms with Crippen molar-refractivity contribution >= 4 is 27.8 Å². The van der Waals surface area contributed by atoms with Gasteiger partial charge in [-0.2, -0.15) is 5.10 Å². The average molecular weight is 494 g/mol. The molecule has 5 aromatic rings. The number of aromatic nitrogens is 5. The quantitative estimate of drug-likeness (QED) is 0.317. The van der Waals surface area contributed by atoms with Gasteiger partial charge in [0.2, 0.25) is 0 Å². The van der Waals surface area contributed by atoms with E-state index in [1.807, 2.05) is 56.1 Å². The Morgan fingerprint density at radius 3 is 2.65 bits per heavy atom. The number of carbonyl (C=O) groups excluding carboxylic acids is 1. The first-order valence-electron chi connectivity index (χ1n) is 12.9. The average Bonchev–Trinajstić information content (AvgIpc) is 3.63. The van der Waals surface area contributed by atoms with Gasteiger partial charge in [-0.15, -0.1) is 0 Å². The fourth-order valence-corrected chi connectivity index (χ4v) is 5.62. The van der Waals surface area contributed by atoms with Crippen molar-refractivity contribution in [3.8, 4) is 22.4 Å². The van der Waals surface area contributed by atoms with Crippen LogP contribution >= 0.6 is 0 Å². The molecule has 0 unspecified atom stereocenters. The van der Waals surface area contributed by atoms with Crippen molar-refractivity contribution < 1.29 is 4.79 Å². The van der Waals surface area contributed by atoms with E-state index < -0.39 is 0 Å². The Labute approximate surface area is 215 Å². The number of pyridine rings is 2. The van der Waals surface area contributed by atoms with Crippen LogP contribution in [0.15, 0.2) is 55.1 Å². The number of hydrogen-bond acceptors (Lipinski definition) is 5. The fraction of sp³-hybridized carbons (Fsp3) is 0.310. The molecule has 8 heteroatoms. The molecule has 8 nitrogen and oxygen atoms in total. The Morgan fingerprint density at radius 1 is 1.08 bits per heavy atom. The zero-order valence-corrected chi connectivity index (χ0v) is 21.4. The molecule has 6 rings (SSSR count). The second-order valence-electron chi connectivity index (χ2n) is 9.94. The van der Waals surface area contributed by atoms with Crippen LogP contribution in [0.1, 0.15) is 42.1 Å². The summed E-state index contributed by atoms with van der Waals surface area (Å²) >= 11 is 0. The third-order valence-corrected chi connectivity index (χ3v) is 7.43. The van der Waals surface area contributed by atoms with Gasteiger partial charge in [-0.05, 0) is 67.6 Å². The van der Waals surface area contributed by atoms with Crippen molar-refractivity contribution in [1.82, 2.24) is 35.4 Å². The molecule has 1 aromatic carbocycles. The van der Waals surface area contributed by atoms with Crippen molar-refractivity contribution in [3.05, 3.63) is 66.2 Å². The van der Waals surface area contributed by atoms with E-state index in [0.717, 1.165) is 75.7 Å². The summed E-state index contributed by atoms with van der Waals surface area (Å²) < 4.78 is 1.78. The largest absolute Gasteiger partial charge is 0.348 e. The van der Waals surface area contributed by atoms with Gasteiger partial charge in [0, 0.05) is 53.4 Å². The van der Waals surface area contributed by atoms with Crippen molar-refractivity contribution in [3.63, 3.8) is 0 Å². The number of fused-ring (bicyclic) bond motifs is 3. The van der Waals surface area contributed by atoms with Gasteiger partial charge < -0.3 is 15.6 Å². The molecule has 1 fully saturated rings. The highest BCUT2D eigenvalue weighted by Gasteiger charge is 2.28. The third kappa shape index (κ3) is 4.27. The standard InChI is InChI=1S/C29H31N7O/c1-4-30-22-6-5-7-23(22)35-29(37)19-10-8-18(9-11-19)26-17(2)13-32-28-27(26)21-12-24(31-15-25(21)34-28)20-14-33-36(3)16-20/h8-16,22-23,30H,4-7H2,1-3H3,(H,32,34)(H,35,37)/t22-,23-/m0/s1. The van der Waals surface area contributed by atoms with E-state index in [4.69, 9.17) is 0 Å². The van der Waals surface area contributed by atoms with E-state index >= 15 is 0 Å². The molecule has 0 spiro atoms. The van der Waals surface area contributed by atoms with Crippen LogP contribution in [0.3, 0.4) is 0 Å². The van der Waals surface area contributed by atoms with Crippen LogP contribution in [-0.2, 0) is 7.05 Å². The summed E-state index contributed by atoms with van der Waals surface area (Å²) in [5.74, 6) is -0.0165. The van der Waals surface area contributed by atoms with E-state index in [2.05, 4.69) is 50.6 Å². The number of amides is 1. The topological polar surface area (TPSA) is 101 Å². The first-order valence-corrected chi connectivity index (χ1v) is 12.9. The lowest BCUT2D eigenvalue weighted by Crippen LogP contribution is -2.46. The van der Waals surface area contributed by atoms with Gasteiger partial charge >= 0.3 is 0 Å². The number of benzene rings is 1. The molecule has 188 valence electrons. The normalized spacial score (nSPS) is 17.6. The maximum Gasteiger partial charge on any atom is 0.251 e. The van der Waals surface area contributed by atoms with E-state index in [-0.39, 0.29) is 11.9 Å². The minimum absolute atomic E-state index is 0.0165. The highest BCUT2D eigenvalue weighted by molar-refractivity contribution is 6.14. The summed E-state index contributed by atoms with van der Waals surface area (Å²) in [6.45, 7) is 5.10. The number of H-pyrrole nitrogens is 1. The van der Waals surface area contributed by atoms with Crippen LogP contribution in [0.5, 0.6) is 0 Å². The zero-order chi connectivity index (χ0) is 25.5. The number of aryl methyl sites for hydroxylation is 2. The number of nitrogens with one attached hydrogen (secondary N) is 3. The molecule has 0 aliphatic heterocycles. The summed E-state index contributed by atoms with van der Waals surface area (Å²) in [5.41, 5.74) is 7.49. The molecule has 1 amide bonds. The van der Waals surface area contributed by atoms with Crippen LogP contribution in [-0.4, -0.2) is 49.3 Å². The summed E-state index contributed by atoms with van der Waals surface area (Å²) in [4.78, 5) is 25.7. The van der Waals surface area contributed by atoms with Gasteiger partial charge in [-0.25, -0.2) is 4.98 Å². The lowest BCUT2D eigenvalue weighted by molar-refractivity contribution is 0.0932. The van der Waals surface area contributed by atoms with Crippen LogP contribution < -0.4 is 10.6 Å². The number of nitrogens with zero attached hydrogens (tertiary/aromatic N) is 4. The number of aromatic amines is 1. The molecule has 1 aliphatic rings. The molecule has 4 heterocycles. The van der Waals surface area contributed by atoms with Crippen LogP contribution in [0.25, 0.3) is 44.3 Å². The van der Waals surface area contributed by atoms with Gasteiger partial charge in [-0.3, -0.25) is 14.5 Å². The van der Waals surface area contributed by atoms with Crippen LogP contribution in [0, 0.1) is 6.92 Å². The highest BCUT2D eigenvalue weighted by atomic mass is 16.1. The molecule has 2 atom stereocenters. The molecule has 4 aromatic heterocycles. The lowest BCUT2D eigenvalue weighted by Gasteiger charge is -2.21. The Kier molecular flexibility index (Phi) is 5.96. The van der Waals surface area contributed by atoms with E-state index in [0.29, 0.717) is 11.6 Å². The molecule has 1 saturated carbocycles. The number of hydrogen-bond donors (Lipinski definition) is 3. The maximum absolute atomic E-state index is 13.0. The molecule has 37 heavy (non-hydrogen) atoms. The second kappa shape index (κ2) is 9.44. The first-order chi connectivity index (χ1) is 18.0. The third-order valence-electron chi connectivity index (χ3n) is 7.43. The second-order valence-corrected chi connectivity index (χ2v) is 9.94. The number of carbonyl (C=O) groups is 1. The van der Waals surface area contributed by atoms with Crippen LogP contribution in [0.4, 0.5) is 0 Å². The summed E-state index contributed by atoms with van der Waals surface area (Å²) in [5, 5.41) is 13.2. The first kappa shape index (κ1) is 23.4. The van der Waals surface area contributed by atoms with Crippen molar-refractivity contribution in [2.45, 2.75) is 45.2 Å². The maximum atomic E-state index is 13.0. The van der Waals surface area contributed by atoms with Crippen LogP contribution in [0.2, 0.25) is 0 Å². The SMILES string of the molecule is CCN[C@H]1CCC[C@@H]1NC(=O)c1ccc(-c2c(C)cnc3[nH]c4cnc(-c5cnn(C)c5)cc4c23)cc1. The van der Waals surface area contributed by atoms with Crippen molar-refractivity contribution in [2.75, 3.05) is 6.54 Å². The molecule has 0 saturated heterocycles. The molecule has 0 radical (unpaired) electrons. The minimum Gasteiger partial charge on any atom is -0.348 e. The summed E-state index contributed by atoms with van der Waals surface area (Å²) in [7, 11) is 1.90. The number of likely N-dealkylation sites (N-methyl/N-ethyl adjacent to an activating group) is 1. The van der Waals surface area contributed by atoms with E-state index in [9.17, 15) is 4.79 Å².